The fourth-order valence-electron chi connectivity index (χ4n) is 3.12. The van der Waals surface area contributed by atoms with Crippen LogP contribution in [-0.2, 0) is 15.8 Å². The van der Waals surface area contributed by atoms with Gasteiger partial charge in [0.25, 0.3) is 0 Å². The highest BCUT2D eigenvalue weighted by Gasteiger charge is 2.45. The maximum atomic E-state index is 13.8. The van der Waals surface area contributed by atoms with Gasteiger partial charge in [0.05, 0.1) is 5.69 Å². The highest BCUT2D eigenvalue weighted by Crippen LogP contribution is 2.35. The van der Waals surface area contributed by atoms with Crippen LogP contribution < -0.4 is 5.32 Å². The first-order chi connectivity index (χ1) is 13.5. The van der Waals surface area contributed by atoms with Gasteiger partial charge in [-0.3, -0.25) is 14.6 Å². The number of rotatable bonds is 3. The van der Waals surface area contributed by atoms with Gasteiger partial charge >= 0.3 is 6.18 Å². The van der Waals surface area contributed by atoms with E-state index >= 15 is 0 Å². The number of likely N-dealkylation sites (tertiary alicyclic amines) is 1. The molecule has 0 saturated carbocycles. The Balaban J connectivity index is 1.88. The standard InChI is InChI=1S/C18H13F6N3O2/c1-27-7-9(8-2-5-12(25-6-8)18(22,23)24)13(17(27)29)16(28)26-11-4-3-10(19)14(20)15(11)21/h2-6,9,13H,7H2,1H3,(H,26,28)/t9-,13+/m0/s1. The molecule has 0 bridgehead atoms. The molecule has 1 aromatic carbocycles. The van der Waals surface area contributed by atoms with Crippen LogP contribution in [0.1, 0.15) is 17.2 Å². The van der Waals surface area contributed by atoms with Crippen LogP contribution in [0.15, 0.2) is 30.5 Å². The molecule has 3 rings (SSSR count). The predicted molar refractivity (Wildman–Crippen MR) is 88.1 cm³/mol. The number of amides is 2. The molecule has 11 heteroatoms. The predicted octanol–water partition coefficient (Wildman–Crippen LogP) is 3.33. The van der Waals surface area contributed by atoms with Crippen LogP contribution in [0.5, 0.6) is 0 Å². The van der Waals surface area contributed by atoms with Gasteiger partial charge in [-0.25, -0.2) is 13.2 Å². The molecule has 29 heavy (non-hydrogen) atoms. The first-order valence-electron chi connectivity index (χ1n) is 8.23. The van der Waals surface area contributed by atoms with Crippen molar-refractivity contribution >= 4 is 17.5 Å². The molecule has 1 aliphatic rings. The van der Waals surface area contributed by atoms with Crippen molar-refractivity contribution in [2.45, 2.75) is 12.1 Å². The molecule has 154 valence electrons. The molecule has 1 aliphatic heterocycles. The Morgan fingerprint density at radius 3 is 2.41 bits per heavy atom. The Kier molecular flexibility index (Phi) is 5.24. The lowest BCUT2D eigenvalue weighted by atomic mass is 9.88. The molecule has 1 aromatic heterocycles. The van der Waals surface area contributed by atoms with Gasteiger partial charge in [0, 0.05) is 25.7 Å². The molecule has 2 heterocycles. The van der Waals surface area contributed by atoms with Gasteiger partial charge in [-0.15, -0.1) is 0 Å². The number of anilines is 1. The Morgan fingerprint density at radius 1 is 1.14 bits per heavy atom. The fraction of sp³-hybridized carbons (Fsp3) is 0.278. The van der Waals surface area contributed by atoms with Crippen LogP contribution in [0.3, 0.4) is 0 Å². The van der Waals surface area contributed by atoms with E-state index in [4.69, 9.17) is 0 Å². The minimum atomic E-state index is -4.65. The largest absolute Gasteiger partial charge is 0.433 e. The van der Waals surface area contributed by atoms with E-state index in [-0.39, 0.29) is 12.1 Å². The molecule has 5 nitrogen and oxygen atoms in total. The summed E-state index contributed by atoms with van der Waals surface area (Å²) >= 11 is 0. The third kappa shape index (κ3) is 3.89. The summed E-state index contributed by atoms with van der Waals surface area (Å²) in [5.74, 6) is -8.82. The number of hydrogen-bond acceptors (Lipinski definition) is 3. The number of carbonyl (C=O) groups excluding carboxylic acids is 2. The minimum absolute atomic E-state index is 0.00419. The molecular weight excluding hydrogens is 404 g/mol. The summed E-state index contributed by atoms with van der Waals surface area (Å²) in [4.78, 5) is 29.5. The second kappa shape index (κ2) is 7.37. The van der Waals surface area contributed by atoms with Gasteiger partial charge < -0.3 is 10.2 Å². The zero-order chi connectivity index (χ0) is 21.5. The maximum absolute atomic E-state index is 13.8. The average molecular weight is 417 g/mol. The summed E-state index contributed by atoms with van der Waals surface area (Å²) < 4.78 is 78.3. The zero-order valence-electron chi connectivity index (χ0n) is 14.7. The summed E-state index contributed by atoms with van der Waals surface area (Å²) in [7, 11) is 1.39. The number of benzene rings is 1. The van der Waals surface area contributed by atoms with E-state index in [1.54, 1.807) is 0 Å². The molecule has 2 amide bonds. The van der Waals surface area contributed by atoms with E-state index in [0.29, 0.717) is 6.07 Å². The third-order valence-corrected chi connectivity index (χ3v) is 4.60. The van der Waals surface area contributed by atoms with Crippen molar-refractivity contribution in [3.05, 3.63) is 59.2 Å². The number of carbonyl (C=O) groups is 2. The number of pyridine rings is 1. The quantitative estimate of drug-likeness (QED) is 0.474. The highest BCUT2D eigenvalue weighted by atomic mass is 19.4. The van der Waals surface area contributed by atoms with Crippen LogP contribution in [0, 0.1) is 23.4 Å². The second-order valence-corrected chi connectivity index (χ2v) is 6.49. The zero-order valence-corrected chi connectivity index (χ0v) is 14.7. The third-order valence-electron chi connectivity index (χ3n) is 4.60. The van der Waals surface area contributed by atoms with Gasteiger partial charge in [0.1, 0.15) is 11.6 Å². The van der Waals surface area contributed by atoms with Crippen molar-refractivity contribution < 1.29 is 35.9 Å². The number of aromatic nitrogens is 1. The summed E-state index contributed by atoms with van der Waals surface area (Å²) in [6, 6.07) is 3.23. The van der Waals surface area contributed by atoms with Crippen molar-refractivity contribution in [2.75, 3.05) is 18.9 Å². The molecule has 1 fully saturated rings. The van der Waals surface area contributed by atoms with Gasteiger partial charge in [0.2, 0.25) is 11.8 Å². The number of alkyl halides is 3. The second-order valence-electron chi connectivity index (χ2n) is 6.49. The first-order valence-corrected chi connectivity index (χ1v) is 8.23. The van der Waals surface area contributed by atoms with Crippen molar-refractivity contribution in [3.8, 4) is 0 Å². The van der Waals surface area contributed by atoms with Gasteiger partial charge in [0.15, 0.2) is 17.5 Å². The summed E-state index contributed by atoms with van der Waals surface area (Å²) in [5.41, 5.74) is -1.61. The average Bonchev–Trinajstić information content (AvgIpc) is 2.96. The number of nitrogens with zero attached hydrogens (tertiary/aromatic N) is 2. The van der Waals surface area contributed by atoms with E-state index in [1.165, 1.54) is 11.9 Å². The topological polar surface area (TPSA) is 62.3 Å². The van der Waals surface area contributed by atoms with Crippen LogP contribution >= 0.6 is 0 Å². The molecule has 0 unspecified atom stereocenters. The maximum Gasteiger partial charge on any atom is 0.433 e. The summed E-state index contributed by atoms with van der Waals surface area (Å²) in [6.45, 7) is 0.00419. The van der Waals surface area contributed by atoms with E-state index in [9.17, 15) is 35.9 Å². The van der Waals surface area contributed by atoms with Crippen molar-refractivity contribution in [1.82, 2.24) is 9.88 Å². The van der Waals surface area contributed by atoms with Gasteiger partial charge in [-0.1, -0.05) is 6.07 Å². The fourth-order valence-corrected chi connectivity index (χ4v) is 3.12. The summed E-state index contributed by atoms with van der Waals surface area (Å²) in [6.07, 6.45) is -3.74. The monoisotopic (exact) mass is 417 g/mol. The SMILES string of the molecule is CN1C[C@@H](c2ccc(C(F)(F)F)nc2)[C@H](C(=O)Nc2ccc(F)c(F)c2F)C1=O. The Morgan fingerprint density at radius 2 is 1.83 bits per heavy atom. The van der Waals surface area contributed by atoms with E-state index in [0.717, 1.165) is 24.4 Å². The molecule has 1 N–H and O–H groups in total. The number of halogens is 6. The van der Waals surface area contributed by atoms with Crippen LogP contribution in [0.4, 0.5) is 32.0 Å². The van der Waals surface area contributed by atoms with Gasteiger partial charge in [-0.05, 0) is 23.8 Å². The lowest BCUT2D eigenvalue weighted by Crippen LogP contribution is -2.33. The molecule has 0 aliphatic carbocycles. The molecule has 0 radical (unpaired) electrons. The number of likely N-dealkylation sites (N-methyl/N-ethyl adjacent to an activating group) is 1. The van der Waals surface area contributed by atoms with Crippen molar-refractivity contribution in [1.29, 1.82) is 0 Å². The normalized spacial score (nSPS) is 19.6. The molecule has 0 spiro atoms. The van der Waals surface area contributed by atoms with E-state index in [1.807, 2.05) is 5.32 Å². The van der Waals surface area contributed by atoms with E-state index in [2.05, 4.69) is 4.98 Å². The molecule has 1 saturated heterocycles. The number of hydrogen-bond donors (Lipinski definition) is 1. The van der Waals surface area contributed by atoms with Crippen LogP contribution in [-0.4, -0.2) is 35.3 Å². The smallest absolute Gasteiger partial charge is 0.344 e. The highest BCUT2D eigenvalue weighted by molar-refractivity contribution is 6.08. The Bertz CT molecular complexity index is 961. The Labute approximate surface area is 160 Å². The number of nitrogens with one attached hydrogen (secondary N) is 1. The van der Waals surface area contributed by atoms with Crippen molar-refractivity contribution in [2.24, 2.45) is 5.92 Å². The minimum Gasteiger partial charge on any atom is -0.344 e. The van der Waals surface area contributed by atoms with Gasteiger partial charge in [-0.2, -0.15) is 13.2 Å². The Hall–Kier alpha value is -3.11. The first kappa shape index (κ1) is 20.6. The summed E-state index contributed by atoms with van der Waals surface area (Å²) in [5, 5.41) is 2.04. The lowest BCUT2D eigenvalue weighted by Gasteiger charge is -2.17. The molecule has 2 aromatic rings. The van der Waals surface area contributed by atoms with Crippen LogP contribution in [0.25, 0.3) is 0 Å². The van der Waals surface area contributed by atoms with E-state index < -0.39 is 58.7 Å². The molecular formula is C18H13F6N3O2. The van der Waals surface area contributed by atoms with Crippen LogP contribution in [0.2, 0.25) is 0 Å². The van der Waals surface area contributed by atoms with Crippen molar-refractivity contribution in [3.63, 3.8) is 0 Å². The lowest BCUT2D eigenvalue weighted by molar-refractivity contribution is -0.141. The molecule has 2 atom stereocenters.